The Bertz CT molecular complexity index is 1980. The zero-order chi connectivity index (χ0) is 30.7. The predicted octanol–water partition coefficient (Wildman–Crippen LogP) is 4.34. The van der Waals surface area contributed by atoms with Crippen LogP contribution in [0.4, 0.5) is 17.6 Å². The van der Waals surface area contributed by atoms with E-state index in [1.165, 1.54) is 42.1 Å². The van der Waals surface area contributed by atoms with E-state index in [2.05, 4.69) is 34.9 Å². The minimum absolute atomic E-state index is 0.0433. The van der Waals surface area contributed by atoms with Gasteiger partial charge in [0.15, 0.2) is 34.3 Å². The molecule has 0 aliphatic heterocycles. The van der Waals surface area contributed by atoms with Crippen LogP contribution in [0.3, 0.4) is 0 Å². The first-order valence-electron chi connectivity index (χ1n) is 13.7. The molecular formula is C28H23F4N9O3. The molecule has 0 radical (unpaired) electrons. The van der Waals surface area contributed by atoms with E-state index < -0.39 is 23.2 Å². The molecule has 0 bridgehead atoms. The minimum Gasteiger partial charge on any atom is -0.480 e. The van der Waals surface area contributed by atoms with Crippen molar-refractivity contribution in [2.24, 2.45) is 0 Å². The first kappa shape index (κ1) is 27.8. The number of fused-ring (bicyclic) bond motifs is 1. The minimum atomic E-state index is -4.70. The van der Waals surface area contributed by atoms with Gasteiger partial charge in [-0.05, 0) is 37.3 Å². The van der Waals surface area contributed by atoms with E-state index in [1.807, 2.05) is 0 Å². The quantitative estimate of drug-likeness (QED) is 0.234. The van der Waals surface area contributed by atoms with E-state index in [0.717, 1.165) is 25.1 Å². The molecule has 0 amide bonds. The maximum Gasteiger partial charge on any atom is 0.434 e. The third-order valence-electron chi connectivity index (χ3n) is 7.49. The molecule has 2 fully saturated rings. The molecule has 5 aromatic rings. The van der Waals surface area contributed by atoms with Crippen molar-refractivity contribution in [1.29, 1.82) is 0 Å². The lowest BCUT2D eigenvalue weighted by atomic mass is 10.1. The maximum absolute atomic E-state index is 15.6. The van der Waals surface area contributed by atoms with Crippen molar-refractivity contribution >= 4 is 11.2 Å². The summed E-state index contributed by atoms with van der Waals surface area (Å²) < 4.78 is 69.2. The number of rotatable bonds is 8. The highest BCUT2D eigenvalue weighted by Crippen LogP contribution is 2.45. The standard InChI is InChI=1S/C28H23F4N9O3/c1-43-18-9-34-23-22(38-18)27(42)41(24(39-23)19-20(14-3-4-14)35-12-36-26(19)44-2)10-13-7-16(29)21(33-8-13)25-37-17(28(30,31)32)11-40(25)15-5-6-15/h7-9,11-12,14-15H,3-6,10H2,1-2H3. The molecule has 0 spiro atoms. The van der Waals surface area contributed by atoms with Crippen molar-refractivity contribution in [3.8, 4) is 34.7 Å². The largest absolute Gasteiger partial charge is 0.480 e. The van der Waals surface area contributed by atoms with Crippen LogP contribution in [0.2, 0.25) is 0 Å². The van der Waals surface area contributed by atoms with E-state index in [4.69, 9.17) is 9.47 Å². The van der Waals surface area contributed by atoms with Crippen molar-refractivity contribution in [1.82, 2.24) is 44.0 Å². The SMILES string of the molecule is COc1cnc2nc(-c3c(OC)ncnc3C3CC3)n(Cc3cnc(-c4nc(C(F)(F)F)cn4C4CC4)c(F)c3)c(=O)c2n1. The van der Waals surface area contributed by atoms with Crippen LogP contribution in [0.1, 0.15) is 54.6 Å². The molecule has 2 aliphatic carbocycles. The van der Waals surface area contributed by atoms with Gasteiger partial charge in [0.05, 0.1) is 32.7 Å². The van der Waals surface area contributed by atoms with Crippen molar-refractivity contribution in [3.63, 3.8) is 0 Å². The Morgan fingerprint density at radius 2 is 1.75 bits per heavy atom. The van der Waals surface area contributed by atoms with Gasteiger partial charge >= 0.3 is 6.18 Å². The molecule has 0 saturated heterocycles. The average molecular weight is 610 g/mol. The zero-order valence-electron chi connectivity index (χ0n) is 23.3. The fourth-order valence-corrected chi connectivity index (χ4v) is 5.07. The Labute approximate surface area is 245 Å². The number of nitrogens with zero attached hydrogens (tertiary/aromatic N) is 9. The Hall–Kier alpha value is -5.02. The summed E-state index contributed by atoms with van der Waals surface area (Å²) in [7, 11) is 2.82. The van der Waals surface area contributed by atoms with Crippen LogP contribution in [-0.4, -0.2) is 58.2 Å². The molecule has 0 atom stereocenters. The molecule has 7 rings (SSSR count). The highest BCUT2D eigenvalue weighted by atomic mass is 19.4. The fourth-order valence-electron chi connectivity index (χ4n) is 5.07. The van der Waals surface area contributed by atoms with Gasteiger partial charge in [-0.25, -0.2) is 39.3 Å². The van der Waals surface area contributed by atoms with Gasteiger partial charge in [0, 0.05) is 24.4 Å². The summed E-state index contributed by atoms with van der Waals surface area (Å²) in [6, 6.07) is 0.904. The van der Waals surface area contributed by atoms with Gasteiger partial charge in [0.1, 0.15) is 17.6 Å². The smallest absolute Gasteiger partial charge is 0.434 e. The molecule has 0 N–H and O–H groups in total. The molecule has 0 aromatic carbocycles. The number of imidazole rings is 1. The Balaban J connectivity index is 1.37. The lowest BCUT2D eigenvalue weighted by Crippen LogP contribution is -2.26. The predicted molar refractivity (Wildman–Crippen MR) is 145 cm³/mol. The molecule has 2 aliphatic rings. The van der Waals surface area contributed by atoms with Crippen LogP contribution in [0, 0.1) is 5.82 Å². The summed E-state index contributed by atoms with van der Waals surface area (Å²) in [5.41, 5.74) is -0.829. The summed E-state index contributed by atoms with van der Waals surface area (Å²) in [6.07, 6.45) is 3.26. The number of ether oxygens (including phenoxy) is 2. The van der Waals surface area contributed by atoms with Crippen molar-refractivity contribution in [2.75, 3.05) is 14.2 Å². The van der Waals surface area contributed by atoms with Crippen LogP contribution in [0.5, 0.6) is 11.8 Å². The molecular weight excluding hydrogens is 586 g/mol. The lowest BCUT2D eigenvalue weighted by Gasteiger charge is -2.17. The molecule has 5 aromatic heterocycles. The zero-order valence-corrected chi connectivity index (χ0v) is 23.3. The van der Waals surface area contributed by atoms with Crippen LogP contribution in [0.15, 0.2) is 35.8 Å². The number of methoxy groups -OCH3 is 2. The second-order valence-electron chi connectivity index (χ2n) is 10.6. The highest BCUT2D eigenvalue weighted by Gasteiger charge is 2.38. The number of pyridine rings is 1. The van der Waals surface area contributed by atoms with Gasteiger partial charge in [-0.1, -0.05) is 0 Å². The second-order valence-corrected chi connectivity index (χ2v) is 10.6. The van der Waals surface area contributed by atoms with Crippen molar-refractivity contribution < 1.29 is 27.0 Å². The fraction of sp³-hybridized carbons (Fsp3) is 0.357. The summed E-state index contributed by atoms with van der Waals surface area (Å²) in [6.45, 7) is -0.229. The summed E-state index contributed by atoms with van der Waals surface area (Å²) in [4.78, 5) is 43.6. The number of halogens is 4. The normalized spacial score (nSPS) is 15.1. The van der Waals surface area contributed by atoms with Crippen molar-refractivity contribution in [2.45, 2.75) is 50.4 Å². The van der Waals surface area contributed by atoms with Gasteiger partial charge in [0.25, 0.3) is 5.56 Å². The van der Waals surface area contributed by atoms with Crippen molar-refractivity contribution in [3.05, 3.63) is 64.1 Å². The lowest BCUT2D eigenvalue weighted by molar-refractivity contribution is -0.140. The molecule has 0 unspecified atom stereocenters. The van der Waals surface area contributed by atoms with Crippen LogP contribution < -0.4 is 15.0 Å². The van der Waals surface area contributed by atoms with Crippen LogP contribution in [0.25, 0.3) is 34.1 Å². The van der Waals surface area contributed by atoms with Gasteiger partial charge < -0.3 is 14.0 Å². The number of hydrogen-bond donors (Lipinski definition) is 0. The van der Waals surface area contributed by atoms with E-state index in [9.17, 15) is 18.0 Å². The molecule has 16 heteroatoms. The van der Waals surface area contributed by atoms with E-state index in [-0.39, 0.29) is 64.3 Å². The molecule has 2 saturated carbocycles. The van der Waals surface area contributed by atoms with E-state index in [1.54, 1.807) is 0 Å². The van der Waals surface area contributed by atoms with Gasteiger partial charge in [-0.2, -0.15) is 13.2 Å². The first-order valence-corrected chi connectivity index (χ1v) is 13.7. The van der Waals surface area contributed by atoms with Crippen LogP contribution in [-0.2, 0) is 12.7 Å². The Kier molecular flexibility index (Phi) is 6.51. The first-order chi connectivity index (χ1) is 21.2. The molecule has 5 heterocycles. The van der Waals surface area contributed by atoms with Gasteiger partial charge in [-0.3, -0.25) is 9.36 Å². The summed E-state index contributed by atoms with van der Waals surface area (Å²) in [5.74, 6) is -0.582. The molecule has 44 heavy (non-hydrogen) atoms. The number of aromatic nitrogens is 9. The van der Waals surface area contributed by atoms with Crippen LogP contribution >= 0.6 is 0 Å². The van der Waals surface area contributed by atoms with Gasteiger partial charge in [0.2, 0.25) is 11.8 Å². The summed E-state index contributed by atoms with van der Waals surface area (Å²) >= 11 is 0. The second kappa shape index (κ2) is 10.3. The number of alkyl halides is 3. The van der Waals surface area contributed by atoms with E-state index >= 15 is 4.39 Å². The molecule has 12 nitrogen and oxygen atoms in total. The summed E-state index contributed by atoms with van der Waals surface area (Å²) in [5, 5.41) is 0. The maximum atomic E-state index is 15.6. The highest BCUT2D eigenvalue weighted by molar-refractivity contribution is 5.75. The Morgan fingerprint density at radius 1 is 0.955 bits per heavy atom. The topological polar surface area (TPSA) is 136 Å². The third-order valence-corrected chi connectivity index (χ3v) is 7.49. The average Bonchev–Trinajstić information content (AvgIpc) is 3.96. The Morgan fingerprint density at radius 3 is 2.41 bits per heavy atom. The monoisotopic (exact) mass is 609 g/mol. The van der Waals surface area contributed by atoms with E-state index in [0.29, 0.717) is 24.1 Å². The third kappa shape index (κ3) is 4.89. The molecule has 226 valence electrons. The van der Waals surface area contributed by atoms with Gasteiger partial charge in [-0.15, -0.1) is 0 Å². The number of hydrogen-bond acceptors (Lipinski definition) is 10.